The Balaban J connectivity index is 2.00. The molecule has 0 saturated heterocycles. The van der Waals surface area contributed by atoms with E-state index >= 15 is 0 Å². The van der Waals surface area contributed by atoms with Gasteiger partial charge in [0.1, 0.15) is 11.5 Å². The normalized spacial score (nSPS) is 10.1. The van der Waals surface area contributed by atoms with E-state index < -0.39 is 0 Å². The third-order valence-corrected chi connectivity index (χ3v) is 2.54. The van der Waals surface area contributed by atoms with Crippen molar-refractivity contribution in [1.82, 2.24) is 10.3 Å². The summed E-state index contributed by atoms with van der Waals surface area (Å²) in [5.41, 5.74) is 8.10. The van der Waals surface area contributed by atoms with Crippen molar-refractivity contribution in [2.75, 3.05) is 5.73 Å². The first-order valence-corrected chi connectivity index (χ1v) is 5.71. The van der Waals surface area contributed by atoms with Crippen molar-refractivity contribution in [3.8, 4) is 0 Å². The number of amides is 1. The van der Waals surface area contributed by atoms with Gasteiger partial charge in [0.25, 0.3) is 5.91 Å². The Hall–Kier alpha value is -2.36. The molecule has 2 rings (SSSR count). The molecule has 0 bridgehead atoms. The number of nitrogen functional groups attached to an aromatic ring is 1. The highest BCUT2D eigenvalue weighted by Gasteiger charge is 2.06. The van der Waals surface area contributed by atoms with Gasteiger partial charge in [0.05, 0.1) is 0 Å². The molecule has 4 heteroatoms. The molecule has 1 aromatic carbocycles. The number of carbonyl (C=O) groups excluding carboxylic acids is 1. The van der Waals surface area contributed by atoms with E-state index in [0.29, 0.717) is 18.1 Å². The average Bonchev–Trinajstić information content (AvgIpc) is 2.36. The second-order valence-electron chi connectivity index (χ2n) is 4.12. The second kappa shape index (κ2) is 5.31. The van der Waals surface area contributed by atoms with Crippen molar-refractivity contribution in [2.45, 2.75) is 13.5 Å². The van der Waals surface area contributed by atoms with Crippen molar-refractivity contribution >= 4 is 11.7 Å². The number of hydrogen-bond donors (Lipinski definition) is 2. The van der Waals surface area contributed by atoms with Crippen LogP contribution in [0.4, 0.5) is 5.82 Å². The van der Waals surface area contributed by atoms with Crippen LogP contribution < -0.4 is 11.1 Å². The van der Waals surface area contributed by atoms with Crippen LogP contribution in [-0.2, 0) is 6.54 Å². The van der Waals surface area contributed by atoms with Gasteiger partial charge in [-0.2, -0.15) is 0 Å². The molecule has 0 unspecified atom stereocenters. The molecule has 18 heavy (non-hydrogen) atoms. The summed E-state index contributed by atoms with van der Waals surface area (Å²) in [7, 11) is 0. The maximum atomic E-state index is 11.8. The summed E-state index contributed by atoms with van der Waals surface area (Å²) in [4.78, 5) is 15.8. The Morgan fingerprint density at radius 3 is 2.78 bits per heavy atom. The van der Waals surface area contributed by atoms with Crippen molar-refractivity contribution < 1.29 is 4.79 Å². The van der Waals surface area contributed by atoms with Gasteiger partial charge in [-0.25, -0.2) is 4.98 Å². The second-order valence-corrected chi connectivity index (χ2v) is 4.12. The van der Waals surface area contributed by atoms with Crippen LogP contribution in [0.3, 0.4) is 0 Å². The Labute approximate surface area is 106 Å². The number of nitrogens with two attached hydrogens (primary N) is 1. The monoisotopic (exact) mass is 241 g/mol. The Bertz CT molecular complexity index is 566. The fraction of sp³-hybridized carbons (Fsp3) is 0.143. The van der Waals surface area contributed by atoms with Crippen molar-refractivity contribution in [3.63, 3.8) is 0 Å². The quantitative estimate of drug-likeness (QED) is 0.862. The molecule has 0 radical (unpaired) electrons. The first-order chi connectivity index (χ1) is 8.65. The minimum atomic E-state index is -0.219. The molecule has 0 fully saturated rings. The molecule has 0 aliphatic carbocycles. The van der Waals surface area contributed by atoms with Crippen molar-refractivity contribution in [3.05, 3.63) is 59.3 Å². The van der Waals surface area contributed by atoms with Crippen LogP contribution >= 0.6 is 0 Å². The highest BCUT2D eigenvalue weighted by Crippen LogP contribution is 2.04. The van der Waals surface area contributed by atoms with Crippen LogP contribution in [0, 0.1) is 6.92 Å². The van der Waals surface area contributed by atoms with Gasteiger partial charge in [0.2, 0.25) is 0 Å². The summed E-state index contributed by atoms with van der Waals surface area (Å²) >= 11 is 0. The highest BCUT2D eigenvalue weighted by atomic mass is 16.1. The van der Waals surface area contributed by atoms with Crippen LogP contribution in [0.5, 0.6) is 0 Å². The van der Waals surface area contributed by atoms with Crippen LogP contribution in [0.15, 0.2) is 42.5 Å². The number of pyridine rings is 1. The molecule has 1 amide bonds. The number of aromatic nitrogens is 1. The molecule has 4 nitrogen and oxygen atoms in total. The van der Waals surface area contributed by atoms with Crippen LogP contribution in [0.2, 0.25) is 0 Å². The SMILES string of the molecule is Cc1cccc(CNC(=O)c2cccc(N)n2)c1. The van der Waals surface area contributed by atoms with Gasteiger partial charge >= 0.3 is 0 Å². The van der Waals surface area contributed by atoms with Gasteiger partial charge in [-0.1, -0.05) is 35.9 Å². The first kappa shape index (κ1) is 12.1. The fourth-order valence-electron chi connectivity index (χ4n) is 1.67. The molecule has 1 heterocycles. The Morgan fingerprint density at radius 1 is 1.28 bits per heavy atom. The van der Waals surface area contributed by atoms with Gasteiger partial charge in [-0.15, -0.1) is 0 Å². The van der Waals surface area contributed by atoms with E-state index in [4.69, 9.17) is 5.73 Å². The molecule has 0 aliphatic heterocycles. The number of carbonyl (C=O) groups is 1. The van der Waals surface area contributed by atoms with Crippen LogP contribution in [0.1, 0.15) is 21.6 Å². The smallest absolute Gasteiger partial charge is 0.270 e. The summed E-state index contributed by atoms with van der Waals surface area (Å²) in [6.07, 6.45) is 0. The molecule has 0 atom stereocenters. The zero-order valence-corrected chi connectivity index (χ0v) is 10.2. The first-order valence-electron chi connectivity index (χ1n) is 5.71. The number of nitrogens with zero attached hydrogens (tertiary/aromatic N) is 1. The summed E-state index contributed by atoms with van der Waals surface area (Å²) in [6, 6.07) is 13.0. The number of anilines is 1. The van der Waals surface area contributed by atoms with E-state index in [9.17, 15) is 4.79 Å². The maximum absolute atomic E-state index is 11.8. The third kappa shape index (κ3) is 3.07. The van der Waals surface area contributed by atoms with Gasteiger partial charge in [0.15, 0.2) is 0 Å². The predicted octanol–water partition coefficient (Wildman–Crippen LogP) is 1.90. The number of aryl methyl sites for hydroxylation is 1. The molecule has 3 N–H and O–H groups in total. The van der Waals surface area contributed by atoms with E-state index in [2.05, 4.69) is 10.3 Å². The lowest BCUT2D eigenvalue weighted by atomic mass is 10.1. The average molecular weight is 241 g/mol. The van der Waals surface area contributed by atoms with Gasteiger partial charge in [-0.05, 0) is 24.6 Å². The topological polar surface area (TPSA) is 68.0 Å². The maximum Gasteiger partial charge on any atom is 0.270 e. The van der Waals surface area contributed by atoms with Crippen LogP contribution in [0.25, 0.3) is 0 Å². The molecular formula is C14H15N3O. The standard InChI is InChI=1S/C14H15N3O/c1-10-4-2-5-11(8-10)9-16-14(18)12-6-3-7-13(15)17-12/h2-8H,9H2,1H3,(H2,15,17)(H,16,18). The molecule has 1 aromatic heterocycles. The third-order valence-electron chi connectivity index (χ3n) is 2.54. The minimum absolute atomic E-state index is 0.219. The Kier molecular flexibility index (Phi) is 3.57. The molecule has 92 valence electrons. The van der Waals surface area contributed by atoms with Gasteiger partial charge in [-0.3, -0.25) is 4.79 Å². The van der Waals surface area contributed by atoms with E-state index in [1.165, 1.54) is 5.56 Å². The zero-order valence-electron chi connectivity index (χ0n) is 10.2. The predicted molar refractivity (Wildman–Crippen MR) is 71.0 cm³/mol. The lowest BCUT2D eigenvalue weighted by molar-refractivity contribution is 0.0946. The van der Waals surface area contributed by atoms with Gasteiger partial charge in [0, 0.05) is 6.54 Å². The zero-order chi connectivity index (χ0) is 13.0. The van der Waals surface area contributed by atoms with E-state index in [1.54, 1.807) is 18.2 Å². The van der Waals surface area contributed by atoms with Crippen molar-refractivity contribution in [1.29, 1.82) is 0 Å². The molecule has 0 saturated carbocycles. The lowest BCUT2D eigenvalue weighted by Crippen LogP contribution is -2.24. The summed E-state index contributed by atoms with van der Waals surface area (Å²) < 4.78 is 0. The number of nitrogens with one attached hydrogen (secondary N) is 1. The number of rotatable bonds is 3. The van der Waals surface area contributed by atoms with E-state index in [-0.39, 0.29) is 5.91 Å². The number of benzene rings is 1. The van der Waals surface area contributed by atoms with E-state index in [1.807, 2.05) is 31.2 Å². The van der Waals surface area contributed by atoms with Crippen LogP contribution in [-0.4, -0.2) is 10.9 Å². The summed E-state index contributed by atoms with van der Waals surface area (Å²) in [6.45, 7) is 2.50. The van der Waals surface area contributed by atoms with E-state index in [0.717, 1.165) is 5.56 Å². The lowest BCUT2D eigenvalue weighted by Gasteiger charge is -2.06. The minimum Gasteiger partial charge on any atom is -0.384 e. The van der Waals surface area contributed by atoms with Gasteiger partial charge < -0.3 is 11.1 Å². The molecular weight excluding hydrogens is 226 g/mol. The highest BCUT2D eigenvalue weighted by molar-refractivity contribution is 5.92. The molecule has 0 aliphatic rings. The fourth-order valence-corrected chi connectivity index (χ4v) is 1.67. The summed E-state index contributed by atoms with van der Waals surface area (Å²) in [5.74, 6) is 0.127. The largest absolute Gasteiger partial charge is 0.384 e. The Morgan fingerprint density at radius 2 is 2.06 bits per heavy atom. The molecule has 0 spiro atoms. The van der Waals surface area contributed by atoms with Crippen molar-refractivity contribution in [2.24, 2.45) is 0 Å². The molecule has 2 aromatic rings. The number of hydrogen-bond acceptors (Lipinski definition) is 3. The summed E-state index contributed by atoms with van der Waals surface area (Å²) in [5, 5.41) is 2.81.